The molecule has 0 aromatic carbocycles. The second-order valence-electron chi connectivity index (χ2n) is 6.69. The minimum absolute atomic E-state index is 0.130. The van der Waals surface area contributed by atoms with Crippen molar-refractivity contribution in [3.05, 3.63) is 28.8 Å². The second kappa shape index (κ2) is 7.01. The summed E-state index contributed by atoms with van der Waals surface area (Å²) >= 11 is 0. The summed E-state index contributed by atoms with van der Waals surface area (Å²) in [6.45, 7) is 7.14. The molecule has 1 amide bonds. The molecular formula is C18H24N4O3. The normalized spacial score (nSPS) is 17.2. The molecule has 7 nitrogen and oxygen atoms in total. The number of aromatic nitrogens is 2. The lowest BCUT2D eigenvalue weighted by Crippen LogP contribution is -2.38. The number of hydrogen-bond donors (Lipinski definition) is 2. The number of amides is 1. The Balaban J connectivity index is 1.37. The van der Waals surface area contributed by atoms with E-state index < -0.39 is 0 Å². The molecule has 7 heteroatoms. The van der Waals surface area contributed by atoms with Crippen LogP contribution < -0.4 is 5.32 Å². The molecule has 1 saturated heterocycles. The van der Waals surface area contributed by atoms with Gasteiger partial charge < -0.3 is 14.5 Å². The Labute approximate surface area is 146 Å². The van der Waals surface area contributed by atoms with Gasteiger partial charge in [0, 0.05) is 37.2 Å². The zero-order valence-electron chi connectivity index (χ0n) is 14.6. The van der Waals surface area contributed by atoms with Gasteiger partial charge in [-0.3, -0.25) is 14.8 Å². The van der Waals surface area contributed by atoms with Gasteiger partial charge in [-0.2, -0.15) is 5.10 Å². The Kier molecular flexibility index (Phi) is 4.59. The number of aryl methyl sites for hydroxylation is 2. The average Bonchev–Trinajstić information content (AvgIpc) is 3.23. The van der Waals surface area contributed by atoms with Gasteiger partial charge in [0.15, 0.2) is 5.76 Å². The summed E-state index contributed by atoms with van der Waals surface area (Å²) in [7, 11) is 0. The molecule has 0 unspecified atom stereocenters. The van der Waals surface area contributed by atoms with E-state index >= 15 is 0 Å². The summed E-state index contributed by atoms with van der Waals surface area (Å²) in [5.74, 6) is 1.18. The number of ether oxygens (including phenoxy) is 1. The Morgan fingerprint density at radius 2 is 2.20 bits per heavy atom. The number of H-pyrrole nitrogens is 1. The molecule has 0 saturated carbocycles. The molecule has 1 aliphatic carbocycles. The van der Waals surface area contributed by atoms with E-state index in [9.17, 15) is 4.79 Å². The molecule has 4 rings (SSSR count). The molecule has 0 radical (unpaired) electrons. The number of nitrogens with zero attached hydrogens (tertiary/aromatic N) is 2. The predicted molar refractivity (Wildman–Crippen MR) is 92.6 cm³/mol. The van der Waals surface area contributed by atoms with Crippen molar-refractivity contribution >= 4 is 5.91 Å². The Hall–Kier alpha value is -2.12. The van der Waals surface area contributed by atoms with E-state index in [1.807, 2.05) is 13.1 Å². The summed E-state index contributed by atoms with van der Waals surface area (Å²) in [6.07, 6.45) is 4.49. The molecule has 3 heterocycles. The third kappa shape index (κ3) is 3.21. The van der Waals surface area contributed by atoms with Gasteiger partial charge in [-0.05, 0) is 31.9 Å². The molecule has 2 aromatic heterocycles. The number of hydrogen-bond acceptors (Lipinski definition) is 5. The second-order valence-corrected chi connectivity index (χ2v) is 6.69. The Morgan fingerprint density at radius 3 is 3.04 bits per heavy atom. The topological polar surface area (TPSA) is 83.4 Å². The number of nitrogens with one attached hydrogen (secondary N) is 2. The molecule has 1 fully saturated rings. The molecule has 25 heavy (non-hydrogen) atoms. The van der Waals surface area contributed by atoms with Gasteiger partial charge >= 0.3 is 0 Å². The van der Waals surface area contributed by atoms with Crippen LogP contribution in [0.1, 0.15) is 33.9 Å². The fraction of sp³-hybridized carbons (Fsp3) is 0.556. The van der Waals surface area contributed by atoms with Crippen molar-refractivity contribution < 1.29 is 13.9 Å². The smallest absolute Gasteiger partial charge is 0.287 e. The van der Waals surface area contributed by atoms with Gasteiger partial charge in [-0.15, -0.1) is 0 Å². The van der Waals surface area contributed by atoms with Gasteiger partial charge in [0.1, 0.15) is 5.76 Å². The van der Waals surface area contributed by atoms with E-state index in [1.54, 1.807) is 0 Å². The van der Waals surface area contributed by atoms with Crippen LogP contribution in [0.2, 0.25) is 0 Å². The maximum absolute atomic E-state index is 12.5. The molecule has 2 aliphatic rings. The van der Waals surface area contributed by atoms with Crippen molar-refractivity contribution in [3.8, 4) is 11.3 Å². The largest absolute Gasteiger partial charge is 0.455 e. The van der Waals surface area contributed by atoms with Crippen molar-refractivity contribution in [1.82, 2.24) is 20.4 Å². The molecule has 1 aliphatic heterocycles. The maximum Gasteiger partial charge on any atom is 0.287 e. The van der Waals surface area contributed by atoms with Crippen LogP contribution in [0.15, 0.2) is 10.6 Å². The van der Waals surface area contributed by atoms with Crippen LogP contribution >= 0.6 is 0 Å². The minimum Gasteiger partial charge on any atom is -0.455 e. The van der Waals surface area contributed by atoms with Gasteiger partial charge in [-0.1, -0.05) is 0 Å². The van der Waals surface area contributed by atoms with Crippen molar-refractivity contribution in [3.63, 3.8) is 0 Å². The van der Waals surface area contributed by atoms with Crippen molar-refractivity contribution in [2.24, 2.45) is 0 Å². The first-order valence-corrected chi connectivity index (χ1v) is 8.97. The average molecular weight is 344 g/mol. The highest BCUT2D eigenvalue weighted by atomic mass is 16.5. The van der Waals surface area contributed by atoms with Crippen molar-refractivity contribution in [2.75, 3.05) is 39.4 Å². The lowest BCUT2D eigenvalue weighted by Gasteiger charge is -2.26. The number of rotatable bonds is 5. The fourth-order valence-corrected chi connectivity index (χ4v) is 3.67. The van der Waals surface area contributed by atoms with Crippen LogP contribution in [-0.4, -0.2) is 60.4 Å². The van der Waals surface area contributed by atoms with Crippen LogP contribution in [0, 0.1) is 6.92 Å². The Morgan fingerprint density at radius 1 is 1.36 bits per heavy atom. The fourth-order valence-electron chi connectivity index (χ4n) is 3.67. The van der Waals surface area contributed by atoms with Crippen LogP contribution in [0.4, 0.5) is 0 Å². The summed E-state index contributed by atoms with van der Waals surface area (Å²) in [4.78, 5) is 14.9. The number of carbonyl (C=O) groups excluding carboxylic acids is 1. The minimum atomic E-state index is -0.130. The molecular weight excluding hydrogens is 320 g/mol. The van der Waals surface area contributed by atoms with E-state index in [4.69, 9.17) is 9.15 Å². The van der Waals surface area contributed by atoms with Gasteiger partial charge in [0.25, 0.3) is 5.91 Å². The summed E-state index contributed by atoms with van der Waals surface area (Å²) in [5, 5.41) is 10.2. The lowest BCUT2D eigenvalue weighted by atomic mass is 9.93. The van der Waals surface area contributed by atoms with E-state index in [2.05, 4.69) is 20.4 Å². The van der Waals surface area contributed by atoms with E-state index in [1.165, 1.54) is 5.56 Å². The summed E-state index contributed by atoms with van der Waals surface area (Å²) in [6, 6.07) is 0. The number of aromatic amines is 1. The first kappa shape index (κ1) is 16.4. The third-order valence-electron chi connectivity index (χ3n) is 5.06. The Bertz CT molecular complexity index is 758. The number of fused-ring (bicyclic) bond motifs is 3. The number of carbonyl (C=O) groups is 1. The van der Waals surface area contributed by atoms with Crippen LogP contribution in [0.25, 0.3) is 11.3 Å². The van der Waals surface area contributed by atoms with Gasteiger partial charge in [0.2, 0.25) is 0 Å². The van der Waals surface area contributed by atoms with Crippen molar-refractivity contribution in [2.45, 2.75) is 26.2 Å². The molecule has 2 aromatic rings. The van der Waals surface area contributed by atoms with Crippen molar-refractivity contribution in [1.29, 1.82) is 0 Å². The van der Waals surface area contributed by atoms with Crippen LogP contribution in [0.5, 0.6) is 0 Å². The summed E-state index contributed by atoms with van der Waals surface area (Å²) < 4.78 is 11.2. The first-order chi connectivity index (χ1) is 12.2. The number of morpholine rings is 1. The SMILES string of the molecule is Cc1c(C(=O)NCCCN2CCOCC2)oc2c1-c1[nH]ncc1CC2. The van der Waals surface area contributed by atoms with E-state index in [-0.39, 0.29) is 5.91 Å². The summed E-state index contributed by atoms with van der Waals surface area (Å²) in [5.41, 5.74) is 4.09. The highest BCUT2D eigenvalue weighted by Gasteiger charge is 2.28. The third-order valence-corrected chi connectivity index (χ3v) is 5.06. The zero-order valence-corrected chi connectivity index (χ0v) is 14.6. The number of furan rings is 1. The highest BCUT2D eigenvalue weighted by molar-refractivity contribution is 5.95. The van der Waals surface area contributed by atoms with Gasteiger partial charge in [0.05, 0.1) is 25.1 Å². The first-order valence-electron chi connectivity index (χ1n) is 8.97. The lowest BCUT2D eigenvalue weighted by molar-refractivity contribution is 0.0374. The standard InChI is InChI=1S/C18H24N4O3/c1-12-15-14(4-3-13-11-20-21-16(13)15)25-17(12)18(23)19-5-2-6-22-7-9-24-10-8-22/h11H,2-10H2,1H3,(H,19,23)(H,20,21). The van der Waals surface area contributed by atoms with E-state index in [0.717, 1.165) is 74.7 Å². The molecule has 0 spiro atoms. The molecule has 0 atom stereocenters. The zero-order chi connectivity index (χ0) is 17.2. The molecule has 2 N–H and O–H groups in total. The van der Waals surface area contributed by atoms with Crippen LogP contribution in [-0.2, 0) is 17.6 Å². The molecule has 0 bridgehead atoms. The predicted octanol–water partition coefficient (Wildman–Crippen LogP) is 1.53. The quantitative estimate of drug-likeness (QED) is 0.804. The van der Waals surface area contributed by atoms with Crippen LogP contribution in [0.3, 0.4) is 0 Å². The molecule has 134 valence electrons. The monoisotopic (exact) mass is 344 g/mol. The maximum atomic E-state index is 12.5. The highest BCUT2D eigenvalue weighted by Crippen LogP contribution is 2.37. The van der Waals surface area contributed by atoms with E-state index in [0.29, 0.717) is 12.3 Å². The van der Waals surface area contributed by atoms with Gasteiger partial charge in [-0.25, -0.2) is 0 Å².